The summed E-state index contributed by atoms with van der Waals surface area (Å²) in [6, 6.07) is 8.85. The molecule has 1 aliphatic heterocycles. The Labute approximate surface area is 82.9 Å². The third-order valence-electron chi connectivity index (χ3n) is 1.89. The quantitative estimate of drug-likeness (QED) is 0.699. The van der Waals surface area contributed by atoms with Crippen molar-refractivity contribution in [2.75, 3.05) is 10.2 Å². The minimum absolute atomic E-state index is 0.0158. The van der Waals surface area contributed by atoms with Gasteiger partial charge in [0.05, 0.1) is 11.4 Å². The molecule has 0 aromatic heterocycles. The molecular weight excluding hydrogens is 200 g/mol. The fraction of sp³-hybridized carbons (Fsp3) is 0.222. The van der Waals surface area contributed by atoms with E-state index in [1.54, 1.807) is 31.2 Å². The maximum absolute atomic E-state index is 11.6. The van der Waals surface area contributed by atoms with Crippen LogP contribution in [0.25, 0.3) is 0 Å². The first kappa shape index (κ1) is 9.21. The molecule has 0 atom stereocenters. The number of benzene rings is 1. The van der Waals surface area contributed by atoms with E-state index >= 15 is 0 Å². The predicted octanol–water partition coefficient (Wildman–Crippen LogP) is 1.21. The molecule has 1 aliphatic rings. The lowest BCUT2D eigenvalue weighted by molar-refractivity contribution is 0.598. The molecule has 5 heteroatoms. The van der Waals surface area contributed by atoms with Crippen molar-refractivity contribution in [1.82, 2.24) is 0 Å². The zero-order valence-corrected chi connectivity index (χ0v) is 8.53. The Hall–Kier alpha value is -1.36. The first-order chi connectivity index (χ1) is 6.59. The van der Waals surface area contributed by atoms with Gasteiger partial charge in [-0.1, -0.05) is 18.2 Å². The van der Waals surface area contributed by atoms with E-state index in [1.807, 2.05) is 6.07 Å². The number of nitrogens with zero attached hydrogens (tertiary/aromatic N) is 2. The van der Waals surface area contributed by atoms with Gasteiger partial charge in [0.1, 0.15) is 5.75 Å². The van der Waals surface area contributed by atoms with Gasteiger partial charge in [0.2, 0.25) is 0 Å². The molecule has 0 saturated carbocycles. The lowest BCUT2D eigenvalue weighted by Crippen LogP contribution is -2.22. The molecule has 0 saturated heterocycles. The van der Waals surface area contributed by atoms with Crippen LogP contribution < -0.4 is 4.41 Å². The molecule has 2 rings (SSSR count). The summed E-state index contributed by atoms with van der Waals surface area (Å²) in [5.74, 6) is 0.0158. The van der Waals surface area contributed by atoms with Gasteiger partial charge in [-0.2, -0.15) is 9.52 Å². The third kappa shape index (κ3) is 1.50. The van der Waals surface area contributed by atoms with Crippen LogP contribution in [0.4, 0.5) is 5.69 Å². The lowest BCUT2D eigenvalue weighted by atomic mass is 10.3. The Bertz CT molecular complexity index is 465. The van der Waals surface area contributed by atoms with Crippen LogP contribution in [0.3, 0.4) is 0 Å². The van der Waals surface area contributed by atoms with E-state index in [2.05, 4.69) is 5.10 Å². The summed E-state index contributed by atoms with van der Waals surface area (Å²) in [7, 11) is -3.26. The fourth-order valence-corrected chi connectivity index (χ4v) is 2.76. The van der Waals surface area contributed by atoms with Gasteiger partial charge in [-0.15, -0.1) is 0 Å². The summed E-state index contributed by atoms with van der Waals surface area (Å²) < 4.78 is 24.3. The van der Waals surface area contributed by atoms with Gasteiger partial charge in [0.25, 0.3) is 10.0 Å². The molecule has 0 fully saturated rings. The maximum atomic E-state index is 11.6. The summed E-state index contributed by atoms with van der Waals surface area (Å²) in [6.07, 6.45) is 0. The van der Waals surface area contributed by atoms with Crippen molar-refractivity contribution < 1.29 is 8.42 Å². The number of rotatable bonds is 1. The van der Waals surface area contributed by atoms with E-state index in [0.29, 0.717) is 11.4 Å². The molecule has 0 amide bonds. The fourth-order valence-electron chi connectivity index (χ4n) is 1.35. The first-order valence-corrected chi connectivity index (χ1v) is 5.83. The molecule has 0 spiro atoms. The highest BCUT2D eigenvalue weighted by Gasteiger charge is 2.29. The van der Waals surface area contributed by atoms with Crippen molar-refractivity contribution in [3.8, 4) is 0 Å². The topological polar surface area (TPSA) is 49.7 Å². The molecule has 1 aromatic rings. The zero-order chi connectivity index (χ0) is 10.2. The molecule has 0 aliphatic carbocycles. The normalized spacial score (nSPS) is 19.5. The summed E-state index contributed by atoms with van der Waals surface area (Å²) in [4.78, 5) is 0. The number of para-hydroxylation sites is 1. The molecule has 0 unspecified atom stereocenters. The van der Waals surface area contributed by atoms with Crippen LogP contribution in [-0.4, -0.2) is 19.9 Å². The summed E-state index contributed by atoms with van der Waals surface area (Å²) in [6.45, 7) is 1.71. The summed E-state index contributed by atoms with van der Waals surface area (Å²) >= 11 is 0. The molecule has 1 heterocycles. The highest BCUT2D eigenvalue weighted by molar-refractivity contribution is 7.93. The van der Waals surface area contributed by atoms with E-state index in [9.17, 15) is 8.42 Å². The maximum Gasteiger partial charge on any atom is 0.259 e. The predicted molar refractivity (Wildman–Crippen MR) is 55.8 cm³/mol. The van der Waals surface area contributed by atoms with Crippen molar-refractivity contribution in [2.45, 2.75) is 6.92 Å². The molecule has 0 radical (unpaired) electrons. The van der Waals surface area contributed by atoms with Crippen LogP contribution >= 0.6 is 0 Å². The van der Waals surface area contributed by atoms with Crippen LogP contribution in [0.2, 0.25) is 0 Å². The molecule has 4 nitrogen and oxygen atoms in total. The van der Waals surface area contributed by atoms with Gasteiger partial charge in [0.15, 0.2) is 0 Å². The van der Waals surface area contributed by atoms with Gasteiger partial charge < -0.3 is 0 Å². The van der Waals surface area contributed by atoms with Crippen molar-refractivity contribution >= 4 is 21.4 Å². The van der Waals surface area contributed by atoms with Crippen LogP contribution in [-0.2, 0) is 10.0 Å². The van der Waals surface area contributed by atoms with Crippen LogP contribution in [0.5, 0.6) is 0 Å². The molecule has 14 heavy (non-hydrogen) atoms. The summed E-state index contributed by atoms with van der Waals surface area (Å²) in [5.41, 5.74) is 1.21. The average molecular weight is 210 g/mol. The van der Waals surface area contributed by atoms with E-state index < -0.39 is 10.0 Å². The minimum Gasteiger partial charge on any atom is -0.204 e. The Kier molecular flexibility index (Phi) is 2.03. The van der Waals surface area contributed by atoms with E-state index in [4.69, 9.17) is 0 Å². The molecular formula is C9H10N2O2S. The van der Waals surface area contributed by atoms with Crippen molar-refractivity contribution in [1.29, 1.82) is 0 Å². The number of sulfonamides is 1. The number of hydrazone groups is 1. The second kappa shape index (κ2) is 3.09. The highest BCUT2D eigenvalue weighted by Crippen LogP contribution is 2.22. The van der Waals surface area contributed by atoms with Crippen LogP contribution in [0.15, 0.2) is 35.4 Å². The van der Waals surface area contributed by atoms with Crippen molar-refractivity contribution in [2.24, 2.45) is 5.10 Å². The Balaban J connectivity index is 2.46. The van der Waals surface area contributed by atoms with Crippen LogP contribution in [0.1, 0.15) is 6.92 Å². The van der Waals surface area contributed by atoms with E-state index in [-0.39, 0.29) is 5.75 Å². The van der Waals surface area contributed by atoms with Crippen molar-refractivity contribution in [3.05, 3.63) is 30.3 Å². The smallest absolute Gasteiger partial charge is 0.204 e. The summed E-state index contributed by atoms with van der Waals surface area (Å²) in [5, 5.41) is 3.97. The first-order valence-electron chi connectivity index (χ1n) is 4.22. The molecule has 0 bridgehead atoms. The average Bonchev–Trinajstić information content (AvgIpc) is 2.41. The number of hydrogen-bond acceptors (Lipinski definition) is 3. The Morgan fingerprint density at radius 3 is 2.43 bits per heavy atom. The van der Waals surface area contributed by atoms with Gasteiger partial charge in [-0.05, 0) is 19.1 Å². The van der Waals surface area contributed by atoms with Gasteiger partial charge in [-0.25, -0.2) is 8.42 Å². The van der Waals surface area contributed by atoms with E-state index in [1.165, 1.54) is 0 Å². The molecule has 1 aromatic carbocycles. The lowest BCUT2D eigenvalue weighted by Gasteiger charge is -2.12. The second-order valence-electron chi connectivity index (χ2n) is 3.17. The largest absolute Gasteiger partial charge is 0.259 e. The number of anilines is 1. The Morgan fingerprint density at radius 1 is 1.29 bits per heavy atom. The number of hydrogen-bond donors (Lipinski definition) is 0. The zero-order valence-electron chi connectivity index (χ0n) is 7.71. The SMILES string of the molecule is CC1=NN(c2ccccc2)S(=O)(=O)C1. The van der Waals surface area contributed by atoms with Gasteiger partial charge in [-0.3, -0.25) is 0 Å². The van der Waals surface area contributed by atoms with E-state index in [0.717, 1.165) is 4.41 Å². The molecule has 0 N–H and O–H groups in total. The van der Waals surface area contributed by atoms with Gasteiger partial charge >= 0.3 is 0 Å². The van der Waals surface area contributed by atoms with Crippen LogP contribution in [0, 0.1) is 0 Å². The minimum atomic E-state index is -3.26. The van der Waals surface area contributed by atoms with Gasteiger partial charge in [0, 0.05) is 0 Å². The Morgan fingerprint density at radius 2 is 1.93 bits per heavy atom. The second-order valence-corrected chi connectivity index (χ2v) is 4.97. The highest BCUT2D eigenvalue weighted by atomic mass is 32.2. The standard InChI is InChI=1S/C9H10N2O2S/c1-8-7-14(12,13)11(10-8)9-5-3-2-4-6-9/h2-6H,7H2,1H3. The monoisotopic (exact) mass is 210 g/mol. The molecule has 74 valence electrons. The van der Waals surface area contributed by atoms with Crippen molar-refractivity contribution in [3.63, 3.8) is 0 Å². The third-order valence-corrected chi connectivity index (χ3v) is 3.50.